The Hall–Kier alpha value is -3.05. The molecule has 1 heterocycles. The first-order valence-electron chi connectivity index (χ1n) is 7.63. The zero-order valence-electron chi connectivity index (χ0n) is 13.5. The van der Waals surface area contributed by atoms with Crippen molar-refractivity contribution in [3.63, 3.8) is 0 Å². The summed E-state index contributed by atoms with van der Waals surface area (Å²) in [6, 6.07) is 18.0. The highest BCUT2D eigenvalue weighted by Gasteiger charge is 2.04. The van der Waals surface area contributed by atoms with Crippen LogP contribution in [-0.2, 0) is 0 Å². The number of benzene rings is 2. The minimum absolute atomic E-state index is 0.421. The molecule has 0 unspecified atom stereocenters. The number of rotatable bonds is 4. The molecule has 0 bridgehead atoms. The number of carbonyl (C=O) groups is 1. The average Bonchev–Trinajstić information content (AvgIpc) is 3.06. The average molecular weight is 354 g/mol. The Morgan fingerprint density at radius 2 is 1.84 bits per heavy atom. The minimum atomic E-state index is -0.421. The van der Waals surface area contributed by atoms with Gasteiger partial charge in [0.1, 0.15) is 11.5 Å². The molecule has 3 rings (SSSR count). The lowest BCUT2D eigenvalue weighted by molar-refractivity contribution is 0.252. The maximum Gasteiger partial charge on any atom is 0.339 e. The molecule has 1 aromatic heterocycles. The molecule has 0 atom stereocenters. The van der Waals surface area contributed by atoms with Crippen LogP contribution in [-0.4, -0.2) is 12.2 Å². The standard InChI is InChI=1S/C19H16ClN3O2/c1-13-4-2-3-5-17(13)22-19(24)23-21-12-16-10-11-18(25-16)14-6-8-15(20)9-7-14/h2-12H,1H3,(H2,22,23,24). The van der Waals surface area contributed by atoms with Gasteiger partial charge in [-0.1, -0.05) is 29.8 Å². The molecule has 0 aliphatic carbocycles. The van der Waals surface area contributed by atoms with E-state index in [2.05, 4.69) is 15.8 Å². The Balaban J connectivity index is 1.58. The summed E-state index contributed by atoms with van der Waals surface area (Å²) in [4.78, 5) is 11.8. The van der Waals surface area contributed by atoms with Gasteiger partial charge in [0.2, 0.25) is 0 Å². The fourth-order valence-corrected chi connectivity index (χ4v) is 2.34. The number of hydrogen-bond donors (Lipinski definition) is 2. The topological polar surface area (TPSA) is 66.6 Å². The fraction of sp³-hybridized carbons (Fsp3) is 0.0526. The van der Waals surface area contributed by atoms with Crippen molar-refractivity contribution in [3.8, 4) is 11.3 Å². The van der Waals surface area contributed by atoms with E-state index in [1.165, 1.54) is 6.21 Å². The molecule has 2 aromatic carbocycles. The third-order valence-corrected chi connectivity index (χ3v) is 3.76. The molecule has 126 valence electrons. The van der Waals surface area contributed by atoms with Crippen LogP contribution < -0.4 is 10.7 Å². The molecule has 2 N–H and O–H groups in total. The van der Waals surface area contributed by atoms with E-state index >= 15 is 0 Å². The van der Waals surface area contributed by atoms with Crippen molar-refractivity contribution in [3.05, 3.63) is 77.0 Å². The quantitative estimate of drug-likeness (QED) is 0.508. The second-order valence-electron chi connectivity index (χ2n) is 5.35. The molecule has 0 radical (unpaired) electrons. The molecule has 3 aromatic rings. The number of hydrogen-bond acceptors (Lipinski definition) is 3. The van der Waals surface area contributed by atoms with Gasteiger partial charge in [-0.25, -0.2) is 10.2 Å². The van der Waals surface area contributed by atoms with Crippen LogP contribution in [0.25, 0.3) is 11.3 Å². The van der Waals surface area contributed by atoms with Crippen LogP contribution in [0.4, 0.5) is 10.5 Å². The molecular formula is C19H16ClN3O2. The van der Waals surface area contributed by atoms with E-state index in [1.807, 2.05) is 49.4 Å². The van der Waals surface area contributed by atoms with Crippen LogP contribution in [0.3, 0.4) is 0 Å². The lowest BCUT2D eigenvalue weighted by Gasteiger charge is -2.06. The lowest BCUT2D eigenvalue weighted by atomic mass is 10.2. The van der Waals surface area contributed by atoms with Crippen molar-refractivity contribution >= 4 is 29.5 Å². The van der Waals surface area contributed by atoms with Gasteiger partial charge in [-0.3, -0.25) is 0 Å². The van der Waals surface area contributed by atoms with Crippen LogP contribution in [0, 0.1) is 6.92 Å². The van der Waals surface area contributed by atoms with E-state index in [9.17, 15) is 4.79 Å². The Labute approximate surface area is 150 Å². The highest BCUT2D eigenvalue weighted by molar-refractivity contribution is 6.30. The molecule has 0 aliphatic rings. The van der Waals surface area contributed by atoms with Crippen LogP contribution in [0.1, 0.15) is 11.3 Å². The van der Waals surface area contributed by atoms with Gasteiger partial charge in [0.25, 0.3) is 0 Å². The first-order valence-corrected chi connectivity index (χ1v) is 8.01. The Morgan fingerprint density at radius 1 is 1.08 bits per heavy atom. The highest BCUT2D eigenvalue weighted by atomic mass is 35.5. The van der Waals surface area contributed by atoms with E-state index in [1.54, 1.807) is 18.2 Å². The Bertz CT molecular complexity index is 901. The van der Waals surface area contributed by atoms with E-state index < -0.39 is 6.03 Å². The number of anilines is 1. The van der Waals surface area contributed by atoms with Crippen molar-refractivity contribution in [2.45, 2.75) is 6.92 Å². The third kappa shape index (κ3) is 4.49. The first kappa shape index (κ1) is 16.8. The zero-order valence-corrected chi connectivity index (χ0v) is 14.2. The number of amides is 2. The van der Waals surface area contributed by atoms with Crippen molar-refractivity contribution in [2.24, 2.45) is 5.10 Å². The van der Waals surface area contributed by atoms with E-state index in [0.717, 1.165) is 16.8 Å². The first-order chi connectivity index (χ1) is 12.1. The van der Waals surface area contributed by atoms with E-state index in [0.29, 0.717) is 16.5 Å². The molecule has 2 amide bonds. The van der Waals surface area contributed by atoms with Gasteiger partial charge >= 0.3 is 6.03 Å². The van der Waals surface area contributed by atoms with Crippen LogP contribution in [0.5, 0.6) is 0 Å². The van der Waals surface area contributed by atoms with Crippen LogP contribution in [0.15, 0.2) is 70.2 Å². The monoisotopic (exact) mass is 353 g/mol. The summed E-state index contributed by atoms with van der Waals surface area (Å²) in [6.07, 6.45) is 1.44. The predicted molar refractivity (Wildman–Crippen MR) is 100 cm³/mol. The molecule has 0 spiro atoms. The summed E-state index contributed by atoms with van der Waals surface area (Å²) < 4.78 is 5.66. The van der Waals surface area contributed by atoms with Gasteiger partial charge in [-0.2, -0.15) is 5.10 Å². The summed E-state index contributed by atoms with van der Waals surface area (Å²) in [5.41, 5.74) is 5.02. The number of nitrogens with zero attached hydrogens (tertiary/aromatic N) is 1. The second-order valence-corrected chi connectivity index (χ2v) is 5.78. The Morgan fingerprint density at radius 3 is 2.60 bits per heavy atom. The van der Waals surface area contributed by atoms with Gasteiger partial charge in [0.15, 0.2) is 0 Å². The molecule has 6 heteroatoms. The van der Waals surface area contributed by atoms with E-state index in [4.69, 9.17) is 16.0 Å². The Kier molecular flexibility index (Phi) is 5.16. The maximum atomic E-state index is 11.8. The molecule has 0 saturated carbocycles. The second kappa shape index (κ2) is 7.68. The van der Waals surface area contributed by atoms with Crippen molar-refractivity contribution < 1.29 is 9.21 Å². The molecule has 0 saturated heterocycles. The predicted octanol–water partition coefficient (Wildman–Crippen LogP) is 5.06. The molecule has 25 heavy (non-hydrogen) atoms. The van der Waals surface area contributed by atoms with Crippen LogP contribution in [0.2, 0.25) is 5.02 Å². The number of aryl methyl sites for hydroxylation is 1. The normalized spacial score (nSPS) is 10.8. The summed E-state index contributed by atoms with van der Waals surface area (Å²) >= 11 is 5.87. The van der Waals surface area contributed by atoms with Gasteiger partial charge < -0.3 is 9.73 Å². The molecule has 0 aliphatic heterocycles. The summed E-state index contributed by atoms with van der Waals surface area (Å²) in [6.45, 7) is 1.92. The smallest absolute Gasteiger partial charge is 0.339 e. The number of hydrazone groups is 1. The SMILES string of the molecule is Cc1ccccc1NC(=O)NN=Cc1ccc(-c2ccc(Cl)cc2)o1. The molecule has 5 nitrogen and oxygen atoms in total. The van der Waals surface area contributed by atoms with Gasteiger partial charge in [0, 0.05) is 16.3 Å². The van der Waals surface area contributed by atoms with Gasteiger partial charge in [-0.15, -0.1) is 0 Å². The van der Waals surface area contributed by atoms with Crippen molar-refractivity contribution in [1.82, 2.24) is 5.43 Å². The van der Waals surface area contributed by atoms with Crippen LogP contribution >= 0.6 is 11.6 Å². The molecular weight excluding hydrogens is 338 g/mol. The summed E-state index contributed by atoms with van der Waals surface area (Å²) in [5.74, 6) is 1.23. The van der Waals surface area contributed by atoms with Gasteiger partial charge in [0.05, 0.1) is 6.21 Å². The summed E-state index contributed by atoms with van der Waals surface area (Å²) in [5, 5.41) is 7.28. The van der Waals surface area contributed by atoms with Crippen molar-refractivity contribution in [1.29, 1.82) is 0 Å². The molecule has 0 fully saturated rings. The number of para-hydroxylation sites is 1. The number of furan rings is 1. The zero-order chi connectivity index (χ0) is 17.6. The lowest BCUT2D eigenvalue weighted by Crippen LogP contribution is -2.24. The fourth-order valence-electron chi connectivity index (χ4n) is 2.21. The summed E-state index contributed by atoms with van der Waals surface area (Å²) in [7, 11) is 0. The van der Waals surface area contributed by atoms with Gasteiger partial charge in [-0.05, 0) is 55.0 Å². The highest BCUT2D eigenvalue weighted by Crippen LogP contribution is 2.23. The number of halogens is 1. The maximum absolute atomic E-state index is 11.8. The number of nitrogens with one attached hydrogen (secondary N) is 2. The van der Waals surface area contributed by atoms with E-state index in [-0.39, 0.29) is 0 Å². The van der Waals surface area contributed by atoms with Crippen molar-refractivity contribution in [2.75, 3.05) is 5.32 Å². The largest absolute Gasteiger partial charge is 0.455 e. The number of urea groups is 1. The minimum Gasteiger partial charge on any atom is -0.455 e. The number of carbonyl (C=O) groups excluding carboxylic acids is 1. The third-order valence-electron chi connectivity index (χ3n) is 3.51.